The van der Waals surface area contributed by atoms with Crippen LogP contribution >= 0.6 is 0 Å². The van der Waals surface area contributed by atoms with Gasteiger partial charge in [0.2, 0.25) is 0 Å². The van der Waals surface area contributed by atoms with E-state index < -0.39 is 12.2 Å². The van der Waals surface area contributed by atoms with Crippen molar-refractivity contribution in [2.75, 3.05) is 40.4 Å². The van der Waals surface area contributed by atoms with Gasteiger partial charge in [0.05, 0.1) is 27.3 Å². The molecule has 2 atom stereocenters. The standard InChI is InChI=1S/C8H20NO4/c1-9(2,3-7(12)5-10)4-8(13)6-11/h7-8,10-13H,3-6H2,1-2H3/q+1/t7-,8-/m1/s1. The van der Waals surface area contributed by atoms with Gasteiger partial charge < -0.3 is 24.9 Å². The van der Waals surface area contributed by atoms with Gasteiger partial charge in [0.15, 0.2) is 0 Å². The smallest absolute Gasteiger partial charge is 0.126 e. The maximum atomic E-state index is 9.17. The minimum Gasteiger partial charge on any atom is -0.393 e. The van der Waals surface area contributed by atoms with Crippen molar-refractivity contribution in [3.63, 3.8) is 0 Å². The highest BCUT2D eigenvalue weighted by Gasteiger charge is 2.23. The molecular weight excluding hydrogens is 174 g/mol. The lowest BCUT2D eigenvalue weighted by Gasteiger charge is -2.32. The van der Waals surface area contributed by atoms with Crippen LogP contribution in [0.1, 0.15) is 0 Å². The van der Waals surface area contributed by atoms with E-state index in [9.17, 15) is 0 Å². The Morgan fingerprint density at radius 3 is 1.46 bits per heavy atom. The fraction of sp³-hybridized carbons (Fsp3) is 1.00. The summed E-state index contributed by atoms with van der Waals surface area (Å²) in [6.07, 6.45) is -1.55. The molecule has 0 amide bonds. The molecule has 0 heterocycles. The van der Waals surface area contributed by atoms with Gasteiger partial charge in [0.1, 0.15) is 25.3 Å². The maximum absolute atomic E-state index is 9.17. The topological polar surface area (TPSA) is 80.9 Å². The van der Waals surface area contributed by atoms with E-state index >= 15 is 0 Å². The van der Waals surface area contributed by atoms with Gasteiger partial charge in [0, 0.05) is 0 Å². The van der Waals surface area contributed by atoms with Gasteiger partial charge in [-0.15, -0.1) is 0 Å². The van der Waals surface area contributed by atoms with Crippen molar-refractivity contribution >= 4 is 0 Å². The highest BCUT2D eigenvalue weighted by Crippen LogP contribution is 2.01. The summed E-state index contributed by atoms with van der Waals surface area (Å²) in [4.78, 5) is 0. The average Bonchev–Trinajstić information content (AvgIpc) is 2.02. The van der Waals surface area contributed by atoms with E-state index in [2.05, 4.69) is 0 Å². The first kappa shape index (κ1) is 12.8. The second kappa shape index (κ2) is 5.51. The van der Waals surface area contributed by atoms with Crippen LogP contribution in [0, 0.1) is 0 Å². The van der Waals surface area contributed by atoms with Crippen molar-refractivity contribution in [3.8, 4) is 0 Å². The first-order valence-corrected chi connectivity index (χ1v) is 4.31. The minimum atomic E-state index is -0.777. The summed E-state index contributed by atoms with van der Waals surface area (Å²) in [7, 11) is 3.63. The summed E-state index contributed by atoms with van der Waals surface area (Å²) in [6, 6.07) is 0. The van der Waals surface area contributed by atoms with Crippen molar-refractivity contribution in [2.24, 2.45) is 0 Å². The van der Waals surface area contributed by atoms with E-state index in [0.29, 0.717) is 17.6 Å². The number of hydrogen-bond acceptors (Lipinski definition) is 4. The summed E-state index contributed by atoms with van der Waals surface area (Å²) in [6.45, 7) is 0.148. The zero-order valence-corrected chi connectivity index (χ0v) is 8.22. The molecule has 4 N–H and O–H groups in total. The number of nitrogens with zero attached hydrogens (tertiary/aromatic N) is 1. The summed E-state index contributed by atoms with van der Waals surface area (Å²) < 4.78 is 0.365. The van der Waals surface area contributed by atoms with Gasteiger partial charge >= 0.3 is 0 Å². The third-order valence-corrected chi connectivity index (χ3v) is 1.83. The van der Waals surface area contributed by atoms with E-state index in [1.54, 1.807) is 0 Å². The van der Waals surface area contributed by atoms with E-state index in [1.807, 2.05) is 14.1 Å². The molecule has 0 spiro atoms. The number of aliphatic hydroxyl groups is 4. The number of hydrogen-bond donors (Lipinski definition) is 4. The Labute approximate surface area is 78.4 Å². The molecule has 13 heavy (non-hydrogen) atoms. The normalized spacial score (nSPS) is 17.1. The predicted molar refractivity (Wildman–Crippen MR) is 48.0 cm³/mol. The lowest BCUT2D eigenvalue weighted by atomic mass is 10.2. The Morgan fingerprint density at radius 2 is 1.23 bits per heavy atom. The molecule has 80 valence electrons. The molecule has 0 radical (unpaired) electrons. The average molecular weight is 194 g/mol. The van der Waals surface area contributed by atoms with E-state index in [4.69, 9.17) is 20.4 Å². The van der Waals surface area contributed by atoms with Gasteiger partial charge in [-0.3, -0.25) is 0 Å². The van der Waals surface area contributed by atoms with Crippen LogP contribution in [0.15, 0.2) is 0 Å². The second-order valence-electron chi connectivity index (χ2n) is 3.97. The molecular formula is C8H20NO4+. The molecule has 0 aromatic heterocycles. The van der Waals surface area contributed by atoms with Gasteiger partial charge in [-0.1, -0.05) is 0 Å². The lowest BCUT2D eigenvalue weighted by Crippen LogP contribution is -2.51. The van der Waals surface area contributed by atoms with Crippen LogP contribution < -0.4 is 0 Å². The quantitative estimate of drug-likeness (QED) is 0.361. The van der Waals surface area contributed by atoms with Crippen molar-refractivity contribution in [1.82, 2.24) is 0 Å². The van der Waals surface area contributed by atoms with Crippen molar-refractivity contribution in [3.05, 3.63) is 0 Å². The van der Waals surface area contributed by atoms with Crippen LogP contribution in [-0.2, 0) is 0 Å². The highest BCUT2D eigenvalue weighted by atomic mass is 16.3. The molecule has 0 aromatic carbocycles. The molecule has 0 bridgehead atoms. The van der Waals surface area contributed by atoms with Crippen LogP contribution in [0.5, 0.6) is 0 Å². The van der Waals surface area contributed by atoms with Gasteiger partial charge in [0.25, 0.3) is 0 Å². The third kappa shape index (κ3) is 5.95. The number of quaternary nitrogens is 1. The Kier molecular flexibility index (Phi) is 5.43. The molecule has 0 aromatic rings. The van der Waals surface area contributed by atoms with Crippen molar-refractivity contribution in [2.45, 2.75) is 12.2 Å². The lowest BCUT2D eigenvalue weighted by molar-refractivity contribution is -0.896. The van der Waals surface area contributed by atoms with Gasteiger partial charge in [-0.2, -0.15) is 0 Å². The van der Waals surface area contributed by atoms with E-state index in [-0.39, 0.29) is 13.2 Å². The fourth-order valence-corrected chi connectivity index (χ4v) is 1.33. The van der Waals surface area contributed by atoms with E-state index in [0.717, 1.165) is 0 Å². The Bertz CT molecular complexity index is 126. The summed E-state index contributed by atoms with van der Waals surface area (Å²) in [5.41, 5.74) is 0. The first-order valence-electron chi connectivity index (χ1n) is 4.31. The predicted octanol–water partition coefficient (Wildman–Crippen LogP) is -2.23. The molecule has 5 heteroatoms. The summed E-state index contributed by atoms with van der Waals surface area (Å²) >= 11 is 0. The van der Waals surface area contributed by atoms with Gasteiger partial charge in [-0.05, 0) is 0 Å². The largest absolute Gasteiger partial charge is 0.393 e. The van der Waals surface area contributed by atoms with Gasteiger partial charge in [-0.25, -0.2) is 0 Å². The van der Waals surface area contributed by atoms with Crippen LogP contribution in [0.2, 0.25) is 0 Å². The van der Waals surface area contributed by atoms with Crippen LogP contribution in [0.25, 0.3) is 0 Å². The zero-order valence-electron chi connectivity index (χ0n) is 8.22. The Morgan fingerprint density at radius 1 is 0.923 bits per heavy atom. The molecule has 0 aliphatic rings. The van der Waals surface area contributed by atoms with E-state index in [1.165, 1.54) is 0 Å². The zero-order chi connectivity index (χ0) is 10.5. The molecule has 0 unspecified atom stereocenters. The number of likely N-dealkylation sites (N-methyl/N-ethyl adjacent to an activating group) is 1. The molecule has 0 saturated heterocycles. The third-order valence-electron chi connectivity index (χ3n) is 1.83. The Balaban J connectivity index is 3.92. The minimum absolute atomic E-state index is 0.281. The van der Waals surface area contributed by atoms with Crippen molar-refractivity contribution < 1.29 is 24.9 Å². The molecule has 0 aliphatic carbocycles. The van der Waals surface area contributed by atoms with Crippen LogP contribution in [0.4, 0.5) is 0 Å². The molecule has 0 fully saturated rings. The summed E-state index contributed by atoms with van der Waals surface area (Å²) in [5.74, 6) is 0. The fourth-order valence-electron chi connectivity index (χ4n) is 1.33. The maximum Gasteiger partial charge on any atom is 0.126 e. The highest BCUT2D eigenvalue weighted by molar-refractivity contribution is 4.54. The number of rotatable bonds is 6. The molecule has 5 nitrogen and oxygen atoms in total. The summed E-state index contributed by atoms with van der Waals surface area (Å²) in [5, 5.41) is 35.6. The second-order valence-corrected chi connectivity index (χ2v) is 3.97. The molecule has 0 aliphatic heterocycles. The Hall–Kier alpha value is -0.200. The van der Waals surface area contributed by atoms with Crippen LogP contribution in [-0.4, -0.2) is 77.5 Å². The molecule has 0 rings (SSSR count). The molecule has 0 saturated carbocycles. The van der Waals surface area contributed by atoms with Crippen molar-refractivity contribution in [1.29, 1.82) is 0 Å². The monoisotopic (exact) mass is 194 g/mol. The van der Waals surface area contributed by atoms with Crippen LogP contribution in [0.3, 0.4) is 0 Å². The SMILES string of the molecule is C[N+](C)(C[C@@H](O)CO)C[C@@H](O)CO. The first-order chi connectivity index (χ1) is 5.91. The number of aliphatic hydroxyl groups excluding tert-OH is 4.